The molecule has 0 bridgehead atoms. The van der Waals surface area contributed by atoms with Gasteiger partial charge in [0.1, 0.15) is 4.90 Å². The first-order chi connectivity index (χ1) is 15.1. The minimum Gasteiger partial charge on any atom is -0.258 e. The number of hydrogen-bond acceptors (Lipinski definition) is 6. The third kappa shape index (κ3) is 10.9. The number of sulfone groups is 1. The Balaban J connectivity index is 2.32. The zero-order valence-electron chi connectivity index (χ0n) is 19.1. The minimum absolute atomic E-state index is 0.208. The molecule has 1 aromatic carbocycles. The summed E-state index contributed by atoms with van der Waals surface area (Å²) in [6, 6.07) is 2.64. The van der Waals surface area contributed by atoms with Crippen LogP contribution in [0, 0.1) is 10.1 Å². The molecule has 32 heavy (non-hydrogen) atoms. The van der Waals surface area contributed by atoms with Crippen molar-refractivity contribution in [3.05, 3.63) is 28.3 Å². The fourth-order valence-corrected chi connectivity index (χ4v) is 5.74. The highest BCUT2D eigenvalue weighted by Crippen LogP contribution is 2.28. The van der Waals surface area contributed by atoms with Crippen LogP contribution in [-0.2, 0) is 19.9 Å². The lowest BCUT2D eigenvalue weighted by atomic mass is 10.0. The van der Waals surface area contributed by atoms with Gasteiger partial charge >= 0.3 is 0 Å². The molecule has 0 aliphatic heterocycles. The Hall–Kier alpha value is -1.52. The van der Waals surface area contributed by atoms with E-state index in [1.165, 1.54) is 57.8 Å². The van der Waals surface area contributed by atoms with Crippen molar-refractivity contribution in [3.8, 4) is 0 Å². The summed E-state index contributed by atoms with van der Waals surface area (Å²) in [4.78, 5) is 9.40. The molecule has 0 amide bonds. The number of nitro benzene ring substituents is 1. The number of sulfonamides is 1. The molecular weight excluding hydrogens is 452 g/mol. The van der Waals surface area contributed by atoms with Crippen molar-refractivity contribution in [3.63, 3.8) is 0 Å². The average molecular weight is 491 g/mol. The summed E-state index contributed by atoms with van der Waals surface area (Å²) in [7, 11) is -8.05. The lowest BCUT2D eigenvalue weighted by Gasteiger charge is -2.07. The molecule has 2 N–H and O–H groups in total. The van der Waals surface area contributed by atoms with Crippen LogP contribution >= 0.6 is 0 Å². The van der Waals surface area contributed by atoms with Crippen LogP contribution in [0.25, 0.3) is 0 Å². The van der Waals surface area contributed by atoms with Gasteiger partial charge in [0.15, 0.2) is 9.84 Å². The van der Waals surface area contributed by atoms with Gasteiger partial charge in [-0.3, -0.25) is 10.1 Å². The molecule has 0 aliphatic carbocycles. The fourth-order valence-electron chi connectivity index (χ4n) is 3.68. The van der Waals surface area contributed by atoms with Gasteiger partial charge in [-0.15, -0.1) is 0 Å². The third-order valence-electron chi connectivity index (χ3n) is 5.56. The van der Waals surface area contributed by atoms with Gasteiger partial charge in [0.05, 0.1) is 15.6 Å². The number of nitro groups is 1. The monoisotopic (exact) mass is 490 g/mol. The lowest BCUT2D eigenvalue weighted by Crippen LogP contribution is -2.14. The van der Waals surface area contributed by atoms with Crippen molar-refractivity contribution in [2.45, 2.75) is 107 Å². The molecule has 0 heterocycles. The van der Waals surface area contributed by atoms with Gasteiger partial charge in [-0.25, -0.2) is 22.0 Å². The van der Waals surface area contributed by atoms with E-state index in [1.54, 1.807) is 0 Å². The second-order valence-electron chi connectivity index (χ2n) is 8.35. The van der Waals surface area contributed by atoms with E-state index in [9.17, 15) is 26.9 Å². The molecule has 0 aromatic heterocycles. The first kappa shape index (κ1) is 28.5. The fraction of sp³-hybridized carbons (Fsp3) is 0.727. The number of nitrogens with zero attached hydrogens (tertiary/aromatic N) is 1. The summed E-state index contributed by atoms with van der Waals surface area (Å²) >= 11 is 0. The SMILES string of the molecule is CCCCCCCCCCCCCCCCS(=O)(=O)c1ccc(S(N)(=O)=O)cc1[N+](=O)[O-]. The first-order valence-electron chi connectivity index (χ1n) is 11.6. The molecule has 0 aliphatic rings. The maximum atomic E-state index is 12.6. The molecule has 0 fully saturated rings. The zero-order valence-corrected chi connectivity index (χ0v) is 20.8. The Bertz CT molecular complexity index is 914. The Morgan fingerprint density at radius 3 is 1.62 bits per heavy atom. The third-order valence-corrected chi connectivity index (χ3v) is 8.31. The number of hydrogen-bond donors (Lipinski definition) is 1. The smallest absolute Gasteiger partial charge is 0.258 e. The molecule has 0 unspecified atom stereocenters. The number of rotatable bonds is 18. The topological polar surface area (TPSA) is 137 Å². The Kier molecular flexibility index (Phi) is 13.0. The predicted octanol–water partition coefficient (Wildman–Crippen LogP) is 5.50. The summed E-state index contributed by atoms with van der Waals surface area (Å²) in [6.07, 6.45) is 16.0. The Labute approximate surface area is 193 Å². The van der Waals surface area contributed by atoms with Gasteiger partial charge < -0.3 is 0 Å². The van der Waals surface area contributed by atoms with Crippen molar-refractivity contribution in [1.82, 2.24) is 0 Å². The number of benzene rings is 1. The summed E-state index contributed by atoms with van der Waals surface area (Å²) in [5, 5.41) is 16.2. The molecule has 0 atom stereocenters. The summed E-state index contributed by atoms with van der Waals surface area (Å²) in [5.41, 5.74) is -0.762. The van der Waals surface area contributed by atoms with Gasteiger partial charge in [0.2, 0.25) is 10.0 Å². The van der Waals surface area contributed by atoms with E-state index < -0.39 is 40.3 Å². The van der Waals surface area contributed by atoms with E-state index in [1.807, 2.05) is 0 Å². The summed E-state index contributed by atoms with van der Waals surface area (Å²) < 4.78 is 47.9. The quantitative estimate of drug-likeness (QED) is 0.164. The highest BCUT2D eigenvalue weighted by molar-refractivity contribution is 7.91. The van der Waals surface area contributed by atoms with Gasteiger partial charge in [0.25, 0.3) is 5.69 Å². The van der Waals surface area contributed by atoms with Crippen LogP contribution in [0.4, 0.5) is 5.69 Å². The molecule has 8 nitrogen and oxygen atoms in total. The Morgan fingerprint density at radius 1 is 0.781 bits per heavy atom. The maximum Gasteiger partial charge on any atom is 0.289 e. The molecule has 0 saturated heterocycles. The largest absolute Gasteiger partial charge is 0.289 e. The molecule has 184 valence electrons. The van der Waals surface area contributed by atoms with Crippen LogP contribution in [0.3, 0.4) is 0 Å². The van der Waals surface area contributed by atoms with Crippen molar-refractivity contribution in [1.29, 1.82) is 0 Å². The predicted molar refractivity (Wildman–Crippen MR) is 127 cm³/mol. The van der Waals surface area contributed by atoms with Crippen LogP contribution < -0.4 is 5.14 Å². The maximum absolute atomic E-state index is 12.6. The van der Waals surface area contributed by atoms with Crippen LogP contribution in [-0.4, -0.2) is 27.5 Å². The highest BCUT2D eigenvalue weighted by atomic mass is 32.2. The van der Waals surface area contributed by atoms with Crippen molar-refractivity contribution in [2.75, 3.05) is 5.75 Å². The van der Waals surface area contributed by atoms with Crippen LogP contribution in [0.1, 0.15) is 96.8 Å². The zero-order chi connectivity index (χ0) is 24.0. The van der Waals surface area contributed by atoms with Crippen molar-refractivity contribution >= 4 is 25.5 Å². The van der Waals surface area contributed by atoms with Crippen LogP contribution in [0.5, 0.6) is 0 Å². The van der Waals surface area contributed by atoms with E-state index in [4.69, 9.17) is 5.14 Å². The first-order valence-corrected chi connectivity index (χ1v) is 14.8. The highest BCUT2D eigenvalue weighted by Gasteiger charge is 2.27. The second-order valence-corrected chi connectivity index (χ2v) is 12.0. The number of unbranched alkanes of at least 4 members (excludes halogenated alkanes) is 13. The number of nitrogens with two attached hydrogens (primary N) is 1. The van der Waals surface area contributed by atoms with Gasteiger partial charge in [0, 0.05) is 6.07 Å². The standard InChI is InChI=1S/C22H38N2O6S2/c1-2-3-4-5-6-7-8-9-10-11-12-13-14-15-18-31(27,28)22-17-16-20(32(23,29)30)19-21(22)24(25)26/h16-17,19H,2-15,18H2,1H3,(H2,23,29,30). The summed E-state index contributed by atoms with van der Waals surface area (Å²) in [5.74, 6) is -0.208. The molecular formula is C22H38N2O6S2. The van der Waals surface area contributed by atoms with Crippen LogP contribution in [0.2, 0.25) is 0 Å². The summed E-state index contributed by atoms with van der Waals surface area (Å²) in [6.45, 7) is 2.22. The van der Waals surface area contributed by atoms with Crippen LogP contribution in [0.15, 0.2) is 28.0 Å². The number of primary sulfonamides is 1. The molecule has 0 radical (unpaired) electrons. The average Bonchev–Trinajstić information content (AvgIpc) is 2.72. The Morgan fingerprint density at radius 2 is 1.22 bits per heavy atom. The van der Waals surface area contributed by atoms with E-state index >= 15 is 0 Å². The second kappa shape index (κ2) is 14.6. The molecule has 1 aromatic rings. The van der Waals surface area contributed by atoms with Gasteiger partial charge in [-0.1, -0.05) is 90.4 Å². The molecule has 0 saturated carbocycles. The molecule has 1 rings (SSSR count). The minimum atomic E-state index is -4.16. The van der Waals surface area contributed by atoms with Crippen molar-refractivity contribution < 1.29 is 21.8 Å². The van der Waals surface area contributed by atoms with Crippen molar-refractivity contribution in [2.24, 2.45) is 5.14 Å². The van der Waals surface area contributed by atoms with E-state index in [2.05, 4.69) is 6.92 Å². The van der Waals surface area contributed by atoms with E-state index in [0.717, 1.165) is 37.8 Å². The normalized spacial score (nSPS) is 12.2. The molecule has 0 spiro atoms. The molecule has 10 heteroatoms. The van der Waals surface area contributed by atoms with Gasteiger partial charge in [-0.2, -0.15) is 0 Å². The van der Waals surface area contributed by atoms with Gasteiger partial charge in [-0.05, 0) is 18.6 Å². The van der Waals surface area contributed by atoms with E-state index in [0.29, 0.717) is 12.5 Å². The van der Waals surface area contributed by atoms with E-state index in [-0.39, 0.29) is 5.75 Å². The lowest BCUT2D eigenvalue weighted by molar-refractivity contribution is -0.388.